The third-order valence-corrected chi connectivity index (χ3v) is 4.05. The second-order valence-corrected chi connectivity index (χ2v) is 5.88. The molecule has 0 unspecified atom stereocenters. The second-order valence-electron chi connectivity index (χ2n) is 5.88. The molecule has 3 aromatic rings. The summed E-state index contributed by atoms with van der Waals surface area (Å²) in [6.07, 6.45) is 3.05. The van der Waals surface area contributed by atoms with Crippen LogP contribution in [0.25, 0.3) is 0 Å². The number of rotatable bonds is 7. The average molecular weight is 345 g/mol. The predicted octanol–water partition coefficient (Wildman–Crippen LogP) is 6.71. The summed E-state index contributed by atoms with van der Waals surface area (Å²) in [7, 11) is 0. The van der Waals surface area contributed by atoms with Gasteiger partial charge in [-0.1, -0.05) is 43.3 Å². The van der Waals surface area contributed by atoms with Crippen LogP contribution >= 0.6 is 0 Å². The number of benzene rings is 3. The molecule has 0 aliphatic heterocycles. The fourth-order valence-corrected chi connectivity index (χ4v) is 2.66. The van der Waals surface area contributed by atoms with Crippen LogP contribution in [-0.4, -0.2) is 0 Å². The van der Waals surface area contributed by atoms with E-state index in [2.05, 4.69) is 13.5 Å². The molecule has 3 nitrogen and oxygen atoms in total. The summed E-state index contributed by atoms with van der Waals surface area (Å²) in [5.41, 5.74) is 1.74. The number of hydrogen-bond donors (Lipinski definition) is 0. The van der Waals surface area contributed by atoms with Gasteiger partial charge in [0.05, 0.1) is 0 Å². The zero-order valence-electron chi connectivity index (χ0n) is 14.8. The van der Waals surface area contributed by atoms with E-state index in [-0.39, 0.29) is 5.75 Å². The van der Waals surface area contributed by atoms with Crippen molar-refractivity contribution in [3.05, 3.63) is 90.5 Å². The van der Waals surface area contributed by atoms with Gasteiger partial charge in [0, 0.05) is 5.56 Å². The topological polar surface area (TPSA) is 38.4 Å². The first kappa shape index (κ1) is 17.6. The van der Waals surface area contributed by atoms with Crippen molar-refractivity contribution in [1.29, 1.82) is 0 Å². The Morgan fingerprint density at radius 3 is 2.42 bits per heavy atom. The molecule has 0 fully saturated rings. The molecule has 26 heavy (non-hydrogen) atoms. The lowest BCUT2D eigenvalue weighted by molar-refractivity contribution is 0.345. The summed E-state index contributed by atoms with van der Waals surface area (Å²) in [6.45, 7) is 5.81. The first-order chi connectivity index (χ1) is 12.7. The Kier molecular flexibility index (Phi) is 5.59. The Balaban J connectivity index is 1.97. The summed E-state index contributed by atoms with van der Waals surface area (Å²) < 4.78 is 12.1. The molecule has 1 radical (unpaired) electrons. The minimum absolute atomic E-state index is 0.0573. The Hall–Kier alpha value is -3.20. The first-order valence-electron chi connectivity index (χ1n) is 8.64. The van der Waals surface area contributed by atoms with Crippen molar-refractivity contribution in [3.8, 4) is 28.7 Å². The lowest BCUT2D eigenvalue weighted by Crippen LogP contribution is -1.95. The van der Waals surface area contributed by atoms with Gasteiger partial charge in [-0.15, -0.1) is 6.58 Å². The van der Waals surface area contributed by atoms with Gasteiger partial charge in [-0.3, -0.25) is 5.11 Å². The molecule has 0 aromatic heterocycles. The van der Waals surface area contributed by atoms with Crippen molar-refractivity contribution in [2.45, 2.75) is 19.8 Å². The zero-order valence-corrected chi connectivity index (χ0v) is 14.8. The SMILES string of the molecule is C=CCc1c([O])cccc1Oc1ccc(CC)cc1Oc1ccccc1. The van der Waals surface area contributed by atoms with Crippen molar-refractivity contribution < 1.29 is 14.6 Å². The summed E-state index contributed by atoms with van der Waals surface area (Å²) in [5.74, 6) is 2.39. The van der Waals surface area contributed by atoms with Crippen LogP contribution in [0.3, 0.4) is 0 Å². The smallest absolute Gasteiger partial charge is 0.185 e. The van der Waals surface area contributed by atoms with Crippen molar-refractivity contribution >= 4 is 0 Å². The lowest BCUT2D eigenvalue weighted by atomic mass is 10.1. The monoisotopic (exact) mass is 345 g/mol. The Morgan fingerprint density at radius 2 is 1.69 bits per heavy atom. The normalized spacial score (nSPS) is 10.3. The van der Waals surface area contributed by atoms with Crippen LogP contribution in [0.4, 0.5) is 0 Å². The van der Waals surface area contributed by atoms with E-state index in [0.717, 1.165) is 17.7 Å². The Labute approximate surface area is 154 Å². The molecule has 3 aromatic carbocycles. The van der Waals surface area contributed by atoms with Crippen LogP contribution in [0.5, 0.6) is 28.7 Å². The molecule has 0 N–H and O–H groups in total. The second kappa shape index (κ2) is 8.26. The van der Waals surface area contributed by atoms with Crippen LogP contribution in [0, 0.1) is 0 Å². The predicted molar refractivity (Wildman–Crippen MR) is 103 cm³/mol. The van der Waals surface area contributed by atoms with E-state index >= 15 is 0 Å². The van der Waals surface area contributed by atoms with Crippen molar-refractivity contribution in [3.63, 3.8) is 0 Å². The van der Waals surface area contributed by atoms with E-state index in [1.807, 2.05) is 48.5 Å². The molecular weight excluding hydrogens is 324 g/mol. The van der Waals surface area contributed by atoms with Crippen LogP contribution in [0.2, 0.25) is 0 Å². The van der Waals surface area contributed by atoms with E-state index in [4.69, 9.17) is 9.47 Å². The van der Waals surface area contributed by atoms with Gasteiger partial charge in [-0.05, 0) is 54.8 Å². The third-order valence-electron chi connectivity index (χ3n) is 4.05. The molecule has 3 heteroatoms. The third kappa shape index (κ3) is 4.06. The maximum atomic E-state index is 12.1. The number of para-hydroxylation sites is 1. The van der Waals surface area contributed by atoms with Gasteiger partial charge in [0.2, 0.25) is 0 Å². The fraction of sp³-hybridized carbons (Fsp3) is 0.130. The highest BCUT2D eigenvalue weighted by Crippen LogP contribution is 2.38. The van der Waals surface area contributed by atoms with Crippen LogP contribution < -0.4 is 9.47 Å². The van der Waals surface area contributed by atoms with Crippen LogP contribution in [-0.2, 0) is 17.9 Å². The Morgan fingerprint density at radius 1 is 0.885 bits per heavy atom. The molecular formula is C23H21O3. The number of ether oxygens (including phenoxy) is 2. The summed E-state index contributed by atoms with van der Waals surface area (Å²) in [4.78, 5) is 0. The molecule has 0 spiro atoms. The Bertz CT molecular complexity index is 885. The van der Waals surface area contributed by atoms with Gasteiger partial charge in [0.1, 0.15) is 11.5 Å². The number of aryl methyl sites for hydroxylation is 1. The number of allylic oxidation sites excluding steroid dienone is 1. The zero-order chi connectivity index (χ0) is 18.4. The molecule has 0 saturated heterocycles. The van der Waals surface area contributed by atoms with E-state index in [1.165, 1.54) is 6.07 Å². The van der Waals surface area contributed by atoms with E-state index < -0.39 is 0 Å². The molecule has 0 heterocycles. The molecule has 0 amide bonds. The minimum atomic E-state index is -0.0573. The van der Waals surface area contributed by atoms with Crippen molar-refractivity contribution in [1.82, 2.24) is 0 Å². The highest BCUT2D eigenvalue weighted by Gasteiger charge is 2.14. The van der Waals surface area contributed by atoms with Gasteiger partial charge in [0.25, 0.3) is 0 Å². The largest absolute Gasteiger partial charge is 0.453 e. The summed E-state index contributed by atoms with van der Waals surface area (Å²) >= 11 is 0. The summed E-state index contributed by atoms with van der Waals surface area (Å²) in [6, 6.07) is 20.4. The molecule has 131 valence electrons. The fourth-order valence-electron chi connectivity index (χ4n) is 2.66. The first-order valence-corrected chi connectivity index (χ1v) is 8.64. The maximum Gasteiger partial charge on any atom is 0.185 e. The molecule has 0 atom stereocenters. The van der Waals surface area contributed by atoms with E-state index in [9.17, 15) is 5.11 Å². The van der Waals surface area contributed by atoms with Crippen LogP contribution in [0.15, 0.2) is 79.4 Å². The van der Waals surface area contributed by atoms with Gasteiger partial charge < -0.3 is 9.47 Å². The molecule has 0 aliphatic carbocycles. The molecule has 0 aliphatic rings. The summed E-state index contributed by atoms with van der Waals surface area (Å²) in [5, 5.41) is 12.1. The van der Waals surface area contributed by atoms with E-state index in [1.54, 1.807) is 18.2 Å². The number of hydrogen-bond acceptors (Lipinski definition) is 2. The van der Waals surface area contributed by atoms with Gasteiger partial charge >= 0.3 is 0 Å². The van der Waals surface area contributed by atoms with Crippen LogP contribution in [0.1, 0.15) is 18.1 Å². The molecule has 0 saturated carbocycles. The quantitative estimate of drug-likeness (QED) is 0.447. The maximum absolute atomic E-state index is 12.1. The molecule has 0 bridgehead atoms. The standard InChI is InChI=1S/C23H21O3/c1-3-9-19-20(24)12-8-13-21(19)26-22-15-14-17(4-2)16-23(22)25-18-10-6-5-7-11-18/h3,5-8,10-16H,1,4,9H2,2H3. The van der Waals surface area contributed by atoms with Crippen molar-refractivity contribution in [2.24, 2.45) is 0 Å². The minimum Gasteiger partial charge on any atom is -0.453 e. The highest BCUT2D eigenvalue weighted by atomic mass is 16.5. The highest BCUT2D eigenvalue weighted by molar-refractivity contribution is 5.51. The van der Waals surface area contributed by atoms with E-state index in [0.29, 0.717) is 29.2 Å². The van der Waals surface area contributed by atoms with Gasteiger partial charge in [-0.25, -0.2) is 0 Å². The van der Waals surface area contributed by atoms with Crippen molar-refractivity contribution in [2.75, 3.05) is 0 Å². The van der Waals surface area contributed by atoms with Gasteiger partial charge in [0.15, 0.2) is 17.2 Å². The lowest BCUT2D eigenvalue weighted by Gasteiger charge is -2.15. The van der Waals surface area contributed by atoms with Gasteiger partial charge in [-0.2, -0.15) is 0 Å². The molecule has 3 rings (SSSR count). The average Bonchev–Trinajstić information content (AvgIpc) is 2.66.